The van der Waals surface area contributed by atoms with Crippen molar-refractivity contribution in [2.24, 2.45) is 0 Å². The van der Waals surface area contributed by atoms with Crippen LogP contribution in [0, 0.1) is 0 Å². The molecule has 0 saturated heterocycles. The molecule has 0 aromatic heterocycles. The molecule has 0 saturated carbocycles. The Labute approximate surface area is 204 Å². The van der Waals surface area contributed by atoms with Gasteiger partial charge in [-0.1, -0.05) is 57.4 Å². The Bertz CT molecular complexity index is 1030. The molecule has 0 spiro atoms. The molecule has 0 bridgehead atoms. The maximum absolute atomic E-state index is 14.7. The van der Waals surface area contributed by atoms with Crippen molar-refractivity contribution in [3.63, 3.8) is 0 Å². The van der Waals surface area contributed by atoms with E-state index in [4.69, 9.17) is 9.47 Å². The summed E-state index contributed by atoms with van der Waals surface area (Å²) in [7, 11) is 0. The molecule has 0 fully saturated rings. The fourth-order valence-electron chi connectivity index (χ4n) is 3.68. The van der Waals surface area contributed by atoms with E-state index in [9.17, 15) is 17.6 Å². The van der Waals surface area contributed by atoms with Crippen LogP contribution in [-0.2, 0) is 25.1 Å². The molecule has 3 rings (SSSR count). The summed E-state index contributed by atoms with van der Waals surface area (Å²) < 4.78 is 68.3. The van der Waals surface area contributed by atoms with Crippen LogP contribution in [0.5, 0.6) is 11.5 Å². The van der Waals surface area contributed by atoms with Crippen molar-refractivity contribution in [3.8, 4) is 11.5 Å². The lowest BCUT2D eigenvalue weighted by molar-refractivity contribution is -0.188. The lowest BCUT2D eigenvalue weighted by atomic mass is 10.1. The molecular weight excluding hydrogens is 456 g/mol. The van der Waals surface area contributed by atoms with Crippen LogP contribution < -0.4 is 9.47 Å². The Morgan fingerprint density at radius 1 is 0.514 bits per heavy atom. The summed E-state index contributed by atoms with van der Waals surface area (Å²) in [4.78, 5) is 0. The summed E-state index contributed by atoms with van der Waals surface area (Å²) in [5.74, 6) is 0.0143. The third-order valence-corrected chi connectivity index (χ3v) is 5.78. The molecule has 3 aromatic rings. The first-order chi connectivity index (χ1) is 16.7. The second kappa shape index (κ2) is 12.1. The molecule has 0 amide bonds. The van der Waals surface area contributed by atoms with Crippen LogP contribution in [0.1, 0.15) is 68.2 Å². The molecule has 0 heterocycles. The van der Waals surface area contributed by atoms with E-state index in [1.807, 2.05) is 0 Å². The molecule has 0 aliphatic rings. The normalized spacial score (nSPS) is 11.9. The van der Waals surface area contributed by atoms with Gasteiger partial charge in [-0.05, 0) is 85.3 Å². The van der Waals surface area contributed by atoms with Crippen molar-refractivity contribution in [1.29, 1.82) is 0 Å². The lowest BCUT2D eigenvalue weighted by Crippen LogP contribution is -2.24. The van der Waals surface area contributed by atoms with Gasteiger partial charge in [0.15, 0.2) is 0 Å². The van der Waals surface area contributed by atoms with E-state index < -0.39 is 23.3 Å². The van der Waals surface area contributed by atoms with E-state index in [0.717, 1.165) is 80.3 Å². The van der Waals surface area contributed by atoms with E-state index in [1.54, 1.807) is 24.3 Å². The largest absolute Gasteiger partial charge is 0.429 e. The Morgan fingerprint density at radius 2 is 0.886 bits per heavy atom. The van der Waals surface area contributed by atoms with Gasteiger partial charge < -0.3 is 9.47 Å². The first kappa shape index (κ1) is 26.6. The van der Waals surface area contributed by atoms with E-state index in [0.29, 0.717) is 0 Å². The molecule has 188 valence electrons. The summed E-state index contributed by atoms with van der Waals surface area (Å²) in [5.41, 5.74) is 1.05. The lowest BCUT2D eigenvalue weighted by Gasteiger charge is -2.21. The van der Waals surface area contributed by atoms with Crippen LogP contribution in [0.2, 0.25) is 0 Å². The number of ether oxygens (including phenoxy) is 2. The third-order valence-electron chi connectivity index (χ3n) is 5.78. The fraction of sp³-hybridized carbons (Fsp3) is 0.379. The number of unbranched alkanes of at least 4 members (excludes halogenated alkanes) is 3. The predicted molar refractivity (Wildman–Crippen MR) is 130 cm³/mol. The highest BCUT2D eigenvalue weighted by Crippen LogP contribution is 2.35. The van der Waals surface area contributed by atoms with E-state index in [-0.39, 0.29) is 11.5 Å². The van der Waals surface area contributed by atoms with Gasteiger partial charge in [0.05, 0.1) is 11.1 Å². The first-order valence-electron chi connectivity index (χ1n) is 12.2. The van der Waals surface area contributed by atoms with Crippen molar-refractivity contribution in [2.45, 2.75) is 71.0 Å². The quantitative estimate of drug-likeness (QED) is 0.176. The van der Waals surface area contributed by atoms with Crippen LogP contribution >= 0.6 is 0 Å². The van der Waals surface area contributed by atoms with Gasteiger partial charge in [0, 0.05) is 0 Å². The maximum Gasteiger partial charge on any atom is 0.426 e. The fourth-order valence-corrected chi connectivity index (χ4v) is 3.68. The van der Waals surface area contributed by atoms with E-state index in [2.05, 4.69) is 13.8 Å². The third kappa shape index (κ3) is 7.74. The summed E-state index contributed by atoms with van der Waals surface area (Å²) in [6, 6.07) is 16.7. The molecule has 0 aliphatic carbocycles. The van der Waals surface area contributed by atoms with Crippen molar-refractivity contribution in [2.75, 3.05) is 0 Å². The average molecular weight is 489 g/mol. The second-order valence-electron chi connectivity index (χ2n) is 8.66. The molecule has 0 N–H and O–H groups in total. The minimum Gasteiger partial charge on any atom is -0.429 e. The summed E-state index contributed by atoms with van der Waals surface area (Å²) in [6.07, 6.45) is -0.279. The Morgan fingerprint density at radius 3 is 1.26 bits per heavy atom. The molecule has 0 aliphatic heterocycles. The molecule has 0 unspecified atom stereocenters. The number of benzene rings is 3. The molecule has 6 heteroatoms. The average Bonchev–Trinajstić information content (AvgIpc) is 2.84. The van der Waals surface area contributed by atoms with Crippen LogP contribution in [0.4, 0.5) is 17.6 Å². The predicted octanol–water partition coefficient (Wildman–Crippen LogP) is 9.02. The molecule has 0 atom stereocenters. The Balaban J connectivity index is 1.63. The highest BCUT2D eigenvalue weighted by atomic mass is 19.3. The van der Waals surface area contributed by atoms with Gasteiger partial charge in [0.2, 0.25) is 0 Å². The zero-order chi connectivity index (χ0) is 25.3. The van der Waals surface area contributed by atoms with Gasteiger partial charge in [-0.2, -0.15) is 17.6 Å². The standard InChI is InChI=1S/C29H32F4O2/c1-3-5-7-9-23-12-20-27(21-13-23)35-29(32,33)25-16-14-24(15-17-25)28(30,31)34-26-18-10-22(11-19-26)8-6-4-2/h10-21H,3-9H2,1-2H3. The van der Waals surface area contributed by atoms with Crippen molar-refractivity contribution < 1.29 is 27.0 Å². The van der Waals surface area contributed by atoms with Gasteiger partial charge in [-0.15, -0.1) is 0 Å². The van der Waals surface area contributed by atoms with Gasteiger partial charge >= 0.3 is 12.2 Å². The van der Waals surface area contributed by atoms with Crippen LogP contribution in [-0.4, -0.2) is 0 Å². The minimum absolute atomic E-state index is 0.00568. The smallest absolute Gasteiger partial charge is 0.426 e. The van der Waals surface area contributed by atoms with Crippen LogP contribution in [0.25, 0.3) is 0 Å². The monoisotopic (exact) mass is 488 g/mol. The molecule has 2 nitrogen and oxygen atoms in total. The zero-order valence-electron chi connectivity index (χ0n) is 20.2. The number of hydrogen-bond donors (Lipinski definition) is 0. The number of halogens is 4. The minimum atomic E-state index is -3.67. The Hall–Kier alpha value is -3.02. The van der Waals surface area contributed by atoms with E-state index >= 15 is 0 Å². The number of alkyl halides is 4. The van der Waals surface area contributed by atoms with Crippen LogP contribution in [0.3, 0.4) is 0 Å². The van der Waals surface area contributed by atoms with Gasteiger partial charge in [-0.25, -0.2) is 0 Å². The van der Waals surface area contributed by atoms with Crippen molar-refractivity contribution in [3.05, 3.63) is 95.1 Å². The Kier molecular flexibility index (Phi) is 9.19. The number of aryl methyl sites for hydroxylation is 2. The molecule has 3 aromatic carbocycles. The second-order valence-corrected chi connectivity index (χ2v) is 8.66. The summed E-state index contributed by atoms with van der Waals surface area (Å²) in [5, 5.41) is 0. The SMILES string of the molecule is CCCCCc1ccc(OC(F)(F)c2ccc(C(F)(F)Oc3ccc(CCCC)cc3)cc2)cc1. The topological polar surface area (TPSA) is 18.5 Å². The van der Waals surface area contributed by atoms with Gasteiger partial charge in [0.1, 0.15) is 11.5 Å². The van der Waals surface area contributed by atoms with Gasteiger partial charge in [0.25, 0.3) is 0 Å². The molecule has 35 heavy (non-hydrogen) atoms. The van der Waals surface area contributed by atoms with Crippen LogP contribution in [0.15, 0.2) is 72.8 Å². The van der Waals surface area contributed by atoms with Crippen molar-refractivity contribution in [1.82, 2.24) is 0 Å². The first-order valence-corrected chi connectivity index (χ1v) is 12.2. The summed E-state index contributed by atoms with van der Waals surface area (Å²) >= 11 is 0. The van der Waals surface area contributed by atoms with Crippen molar-refractivity contribution >= 4 is 0 Å². The highest BCUT2D eigenvalue weighted by molar-refractivity contribution is 5.32. The highest BCUT2D eigenvalue weighted by Gasteiger charge is 2.38. The summed E-state index contributed by atoms with van der Waals surface area (Å²) in [6.45, 7) is 4.20. The number of rotatable bonds is 13. The maximum atomic E-state index is 14.7. The molecule has 0 radical (unpaired) electrons. The molecular formula is C29H32F4O2. The number of hydrogen-bond acceptors (Lipinski definition) is 2. The van der Waals surface area contributed by atoms with E-state index in [1.165, 1.54) is 24.3 Å². The zero-order valence-corrected chi connectivity index (χ0v) is 20.2. The van der Waals surface area contributed by atoms with Gasteiger partial charge in [-0.3, -0.25) is 0 Å².